The second-order valence-electron chi connectivity index (χ2n) is 6.05. The summed E-state index contributed by atoms with van der Waals surface area (Å²) in [4.78, 5) is 30.6. The Morgan fingerprint density at radius 2 is 0.781 bits per heavy atom. The summed E-state index contributed by atoms with van der Waals surface area (Å²) in [6.45, 7) is 1.39. The maximum absolute atomic E-state index is 10.2. The summed E-state index contributed by atoms with van der Waals surface area (Å²) in [5.74, 6) is -2.64. The molecule has 8 heteroatoms. The molecule has 3 aromatic carbocycles. The first-order valence-corrected chi connectivity index (χ1v) is 9.33. The number of hydrogen-bond acceptors (Lipinski definition) is 5. The first kappa shape index (κ1) is 28.0. The van der Waals surface area contributed by atoms with Gasteiger partial charge in [0, 0.05) is 0 Å². The molecule has 3 rings (SSSR count). The summed E-state index contributed by atoms with van der Waals surface area (Å²) in [5, 5.41) is 41.2. The van der Waals surface area contributed by atoms with E-state index in [1.807, 2.05) is 0 Å². The Morgan fingerprint density at radius 1 is 0.594 bits per heavy atom. The number of carbonyl (C=O) groups is 3. The van der Waals surface area contributed by atoms with Crippen LogP contribution in [0.15, 0.2) is 91.0 Å². The lowest BCUT2D eigenvalue weighted by Crippen LogP contribution is -2.03. The van der Waals surface area contributed by atoms with Gasteiger partial charge in [-0.15, -0.1) is 0 Å². The molecule has 0 aromatic heterocycles. The van der Waals surface area contributed by atoms with Crippen molar-refractivity contribution in [3.05, 3.63) is 108 Å². The molecule has 1 atom stereocenters. The zero-order valence-electron chi connectivity index (χ0n) is 17.4. The van der Waals surface area contributed by atoms with Crippen LogP contribution in [0.25, 0.3) is 0 Å². The number of rotatable bonds is 4. The van der Waals surface area contributed by atoms with Gasteiger partial charge in [0.25, 0.3) is 0 Å². The maximum Gasteiger partial charge on any atom is 0.335 e. The van der Waals surface area contributed by atoms with E-state index in [1.165, 1.54) is 6.92 Å². The predicted octanol–water partition coefficient (Wildman–Crippen LogP) is 3.51. The van der Waals surface area contributed by atoms with Gasteiger partial charge in [-0.2, -0.15) is 0 Å². The smallest absolute Gasteiger partial charge is 0.335 e. The molecule has 170 valence electrons. The molecule has 0 aliphatic carbocycles. The molecule has 32 heavy (non-hydrogen) atoms. The van der Waals surface area contributed by atoms with Crippen molar-refractivity contribution in [1.29, 1.82) is 0 Å². The molecular formula is C24H26O8. The third-order valence-corrected chi connectivity index (χ3v) is 3.33. The number of carboxylic acids is 3. The van der Waals surface area contributed by atoms with E-state index >= 15 is 0 Å². The fourth-order valence-electron chi connectivity index (χ4n) is 1.74. The Kier molecular flexibility index (Phi) is 14.7. The number of carboxylic acid groups (broad SMARTS) is 3. The van der Waals surface area contributed by atoms with Crippen molar-refractivity contribution in [2.75, 3.05) is 6.61 Å². The Balaban J connectivity index is 0.000000410. The van der Waals surface area contributed by atoms with E-state index in [9.17, 15) is 14.4 Å². The Morgan fingerprint density at radius 3 is 0.875 bits per heavy atom. The van der Waals surface area contributed by atoms with Gasteiger partial charge in [-0.05, 0) is 43.3 Å². The van der Waals surface area contributed by atoms with Gasteiger partial charge >= 0.3 is 17.9 Å². The van der Waals surface area contributed by atoms with Crippen molar-refractivity contribution in [2.24, 2.45) is 0 Å². The Hall–Kier alpha value is -4.01. The predicted molar refractivity (Wildman–Crippen MR) is 119 cm³/mol. The van der Waals surface area contributed by atoms with Crippen LogP contribution < -0.4 is 0 Å². The third-order valence-electron chi connectivity index (χ3n) is 3.33. The average Bonchev–Trinajstić information content (AvgIpc) is 2.82. The van der Waals surface area contributed by atoms with Gasteiger partial charge in [0.2, 0.25) is 0 Å². The minimum absolute atomic E-state index is 0.139. The lowest BCUT2D eigenvalue weighted by Gasteiger charge is -1.90. The summed E-state index contributed by atoms with van der Waals surface area (Å²) in [6, 6.07) is 24.9. The molecule has 5 N–H and O–H groups in total. The van der Waals surface area contributed by atoms with Gasteiger partial charge < -0.3 is 25.5 Å². The van der Waals surface area contributed by atoms with Crippen LogP contribution in [0.1, 0.15) is 38.0 Å². The normalized spacial score (nSPS) is 9.84. The Labute approximate surface area is 185 Å². The number of aliphatic hydroxyl groups excluding tert-OH is 2. The van der Waals surface area contributed by atoms with Crippen molar-refractivity contribution in [3.63, 3.8) is 0 Å². The third kappa shape index (κ3) is 14.0. The molecule has 0 fully saturated rings. The highest BCUT2D eigenvalue weighted by molar-refractivity contribution is 5.88. The molecule has 1 unspecified atom stereocenters. The van der Waals surface area contributed by atoms with Gasteiger partial charge in [-0.3, -0.25) is 0 Å². The number of benzene rings is 3. The van der Waals surface area contributed by atoms with Crippen LogP contribution >= 0.6 is 0 Å². The molecule has 0 spiro atoms. The lowest BCUT2D eigenvalue weighted by molar-refractivity contribution is 0.0686. The van der Waals surface area contributed by atoms with Crippen LogP contribution in [0.4, 0.5) is 0 Å². The molecule has 0 radical (unpaired) electrons. The minimum Gasteiger partial charge on any atom is -0.478 e. The largest absolute Gasteiger partial charge is 0.478 e. The van der Waals surface area contributed by atoms with E-state index < -0.39 is 24.0 Å². The summed E-state index contributed by atoms with van der Waals surface area (Å²) in [5.41, 5.74) is 0.993. The SMILES string of the molecule is CC(O)CO.O=C(O)c1ccccc1.O=C(O)c1ccccc1.O=C(O)c1ccccc1. The van der Waals surface area contributed by atoms with Crippen molar-refractivity contribution in [2.45, 2.75) is 13.0 Å². The van der Waals surface area contributed by atoms with Crippen molar-refractivity contribution < 1.29 is 39.9 Å². The minimum atomic E-state index is -0.879. The molecule has 3 aromatic rings. The fourth-order valence-corrected chi connectivity index (χ4v) is 1.74. The summed E-state index contributed by atoms with van der Waals surface area (Å²) in [7, 11) is 0. The molecule has 0 bridgehead atoms. The topological polar surface area (TPSA) is 152 Å². The first-order chi connectivity index (χ1) is 15.2. The second-order valence-corrected chi connectivity index (χ2v) is 6.05. The van der Waals surface area contributed by atoms with Crippen LogP contribution in [-0.2, 0) is 0 Å². The van der Waals surface area contributed by atoms with E-state index in [4.69, 9.17) is 25.5 Å². The van der Waals surface area contributed by atoms with Crippen molar-refractivity contribution >= 4 is 17.9 Å². The number of aliphatic hydroxyl groups is 2. The molecule has 0 aliphatic rings. The van der Waals surface area contributed by atoms with E-state index in [2.05, 4.69) is 0 Å². The summed E-state index contributed by atoms with van der Waals surface area (Å²) >= 11 is 0. The average molecular weight is 442 g/mol. The molecular weight excluding hydrogens is 416 g/mol. The highest BCUT2D eigenvalue weighted by Crippen LogP contribution is 1.97. The zero-order chi connectivity index (χ0) is 24.4. The standard InChI is InChI=1S/3C7H6O2.C3H8O2/c3*8-7(9)6-4-2-1-3-5-6;1-3(5)2-4/h3*1-5H,(H,8,9);3-5H,2H2,1H3. The van der Waals surface area contributed by atoms with Gasteiger partial charge in [-0.1, -0.05) is 54.6 Å². The van der Waals surface area contributed by atoms with Crippen LogP contribution in [0.5, 0.6) is 0 Å². The molecule has 8 nitrogen and oxygen atoms in total. The quantitative estimate of drug-likeness (QED) is 0.411. The van der Waals surface area contributed by atoms with Crippen molar-refractivity contribution in [1.82, 2.24) is 0 Å². The van der Waals surface area contributed by atoms with Gasteiger partial charge in [0.1, 0.15) is 0 Å². The van der Waals surface area contributed by atoms with Crippen LogP contribution in [-0.4, -0.2) is 56.2 Å². The van der Waals surface area contributed by atoms with Gasteiger partial charge in [0.15, 0.2) is 0 Å². The lowest BCUT2D eigenvalue weighted by atomic mass is 10.2. The molecule has 0 heterocycles. The molecule has 0 aliphatic heterocycles. The highest BCUT2D eigenvalue weighted by Gasteiger charge is 1.98. The maximum atomic E-state index is 10.2. The molecule has 0 saturated heterocycles. The first-order valence-electron chi connectivity index (χ1n) is 9.33. The van der Waals surface area contributed by atoms with Crippen molar-refractivity contribution in [3.8, 4) is 0 Å². The summed E-state index contributed by atoms with van der Waals surface area (Å²) in [6.07, 6.45) is -0.560. The highest BCUT2D eigenvalue weighted by atomic mass is 16.4. The Bertz CT molecular complexity index is 793. The fraction of sp³-hybridized carbons (Fsp3) is 0.125. The molecule has 0 saturated carbocycles. The number of aromatic carboxylic acids is 3. The van der Waals surface area contributed by atoms with E-state index in [1.54, 1.807) is 91.0 Å². The van der Waals surface area contributed by atoms with E-state index in [0.29, 0.717) is 16.7 Å². The van der Waals surface area contributed by atoms with Crippen LogP contribution in [0.3, 0.4) is 0 Å². The van der Waals surface area contributed by atoms with Gasteiger partial charge in [-0.25, -0.2) is 14.4 Å². The van der Waals surface area contributed by atoms with Gasteiger partial charge in [0.05, 0.1) is 29.4 Å². The second kappa shape index (κ2) is 16.8. The summed E-state index contributed by atoms with van der Waals surface area (Å²) < 4.78 is 0. The number of hydrogen-bond donors (Lipinski definition) is 5. The zero-order valence-corrected chi connectivity index (χ0v) is 17.4. The monoisotopic (exact) mass is 442 g/mol. The molecule has 0 amide bonds. The van der Waals surface area contributed by atoms with E-state index in [-0.39, 0.29) is 6.61 Å². The van der Waals surface area contributed by atoms with Crippen LogP contribution in [0.2, 0.25) is 0 Å². The van der Waals surface area contributed by atoms with E-state index in [0.717, 1.165) is 0 Å². The van der Waals surface area contributed by atoms with Crippen LogP contribution in [0, 0.1) is 0 Å².